The Bertz CT molecular complexity index is 997. The molecule has 3 aromatic rings. The number of nitrogens with one attached hydrogen (secondary N) is 1. The van der Waals surface area contributed by atoms with Gasteiger partial charge in [0.15, 0.2) is 0 Å². The third kappa shape index (κ3) is 12.2. The Morgan fingerprint density at radius 2 is 1.53 bits per heavy atom. The van der Waals surface area contributed by atoms with E-state index in [1.165, 1.54) is 0 Å². The molecule has 1 heterocycles. The van der Waals surface area contributed by atoms with Gasteiger partial charge in [0, 0.05) is 12.6 Å². The molecule has 0 radical (unpaired) electrons. The number of hydrogen-bond acceptors (Lipinski definition) is 8. The minimum absolute atomic E-state index is 0. The molecule has 10 nitrogen and oxygen atoms in total. The number of ether oxygens (including phenoxy) is 2. The Morgan fingerprint density at radius 1 is 1.03 bits per heavy atom. The average Bonchev–Trinajstić information content (AvgIpc) is 3.13. The van der Waals surface area contributed by atoms with Crippen molar-refractivity contribution >= 4 is 24.0 Å². The number of nitrogen functional groups attached to an aromatic ring is 2. The minimum atomic E-state index is -0.0139. The van der Waals surface area contributed by atoms with Gasteiger partial charge in [-0.15, -0.1) is 12.4 Å². The number of hydrazine groups is 1. The third-order valence-electron chi connectivity index (χ3n) is 3.94. The summed E-state index contributed by atoms with van der Waals surface area (Å²) in [6.45, 7) is 7.28. The molecule has 0 aliphatic heterocycles. The normalized spacial score (nSPS) is 8.62. The van der Waals surface area contributed by atoms with E-state index < -0.39 is 0 Å². The first-order chi connectivity index (χ1) is 15.5. The largest absolute Gasteiger partial charge is 0.497 e. The maximum atomic E-state index is 7.60. The molecular formula is C23H33ClN8O2. The van der Waals surface area contributed by atoms with Crippen molar-refractivity contribution in [3.05, 3.63) is 77.1 Å². The van der Waals surface area contributed by atoms with Crippen LogP contribution in [-0.4, -0.2) is 30.5 Å². The molecule has 0 saturated carbocycles. The van der Waals surface area contributed by atoms with Gasteiger partial charge < -0.3 is 25.8 Å². The van der Waals surface area contributed by atoms with E-state index >= 15 is 0 Å². The lowest BCUT2D eigenvalue weighted by Crippen LogP contribution is -2.20. The van der Waals surface area contributed by atoms with Gasteiger partial charge in [-0.3, -0.25) is 11.3 Å². The highest BCUT2D eigenvalue weighted by atomic mass is 35.5. The number of anilines is 2. The molecule has 0 atom stereocenters. The molecule has 11 heteroatoms. The van der Waals surface area contributed by atoms with Gasteiger partial charge in [0.05, 0.1) is 20.8 Å². The summed E-state index contributed by atoms with van der Waals surface area (Å²) >= 11 is 0. The first-order valence-corrected chi connectivity index (χ1v) is 9.45. The van der Waals surface area contributed by atoms with Crippen LogP contribution in [0.15, 0.2) is 54.6 Å². The second-order valence-electron chi connectivity index (χ2n) is 6.20. The van der Waals surface area contributed by atoms with Crippen LogP contribution in [-0.2, 0) is 13.1 Å². The van der Waals surface area contributed by atoms with Crippen LogP contribution in [0.3, 0.4) is 0 Å². The van der Waals surface area contributed by atoms with E-state index in [9.17, 15) is 0 Å². The maximum Gasteiger partial charge on any atom is 0.298 e. The van der Waals surface area contributed by atoms with Crippen LogP contribution in [0.25, 0.3) is 4.85 Å². The predicted octanol–water partition coefficient (Wildman–Crippen LogP) is 3.25. The first-order valence-electron chi connectivity index (χ1n) is 9.45. The molecule has 3 rings (SSSR count). The highest BCUT2D eigenvalue weighted by Gasteiger charge is 2.03. The highest BCUT2D eigenvalue weighted by Crippen LogP contribution is 2.15. The smallest absolute Gasteiger partial charge is 0.298 e. The van der Waals surface area contributed by atoms with Gasteiger partial charge >= 0.3 is 0 Å². The van der Waals surface area contributed by atoms with Crippen molar-refractivity contribution in [3.8, 4) is 17.6 Å². The van der Waals surface area contributed by atoms with E-state index in [2.05, 4.69) is 15.4 Å². The molecule has 34 heavy (non-hydrogen) atoms. The number of benzene rings is 2. The molecule has 0 fully saturated rings. The molecule has 0 spiro atoms. The topological polar surface area (TPSA) is 155 Å². The van der Waals surface area contributed by atoms with E-state index in [4.69, 9.17) is 38.6 Å². The minimum Gasteiger partial charge on any atom is -0.497 e. The predicted molar refractivity (Wildman–Crippen MR) is 138 cm³/mol. The molecule has 0 saturated heterocycles. The fraction of sp³-hybridized carbons (Fsp3) is 0.261. The SMILES string of the molecule is C.COc1ccc(CNN)cc1.COc1ccc(Cn2nc(N)cc2N)cc1.Cl.[C-]#[N+]CC#N. The lowest BCUT2D eigenvalue weighted by molar-refractivity contribution is 0.414. The summed E-state index contributed by atoms with van der Waals surface area (Å²) in [6, 6.07) is 18.8. The van der Waals surface area contributed by atoms with Crippen LogP contribution in [0.5, 0.6) is 11.5 Å². The molecule has 2 aromatic carbocycles. The number of nitrogens with two attached hydrogens (primary N) is 3. The van der Waals surface area contributed by atoms with Crippen LogP contribution in [0.2, 0.25) is 0 Å². The fourth-order valence-corrected chi connectivity index (χ4v) is 2.38. The van der Waals surface area contributed by atoms with Crippen LogP contribution >= 0.6 is 12.4 Å². The van der Waals surface area contributed by atoms with E-state index in [1.54, 1.807) is 31.0 Å². The summed E-state index contributed by atoms with van der Waals surface area (Å²) in [7, 11) is 3.29. The molecule has 7 N–H and O–H groups in total. The summed E-state index contributed by atoms with van der Waals surface area (Å²) in [5.74, 6) is 7.85. The van der Waals surface area contributed by atoms with E-state index in [0.717, 1.165) is 22.6 Å². The first kappa shape index (κ1) is 32.2. The Labute approximate surface area is 207 Å². The molecular weight excluding hydrogens is 456 g/mol. The quantitative estimate of drug-likeness (QED) is 0.178. The monoisotopic (exact) mass is 488 g/mol. The van der Waals surface area contributed by atoms with Gasteiger partial charge in [0.25, 0.3) is 6.54 Å². The summed E-state index contributed by atoms with van der Waals surface area (Å²) in [5.41, 5.74) is 16.1. The Kier molecular flexibility index (Phi) is 17.6. The number of hydrogen-bond donors (Lipinski definition) is 4. The standard InChI is InChI=1S/C11H14N4O.C8H12N2O.C3H2N2.CH4.ClH/c1-16-9-4-2-8(3-5-9)7-15-11(13)6-10(12)14-15;1-11-8-4-2-7(3-5-8)6-10-9;1-5-3-2-4;;/h2-6H,7,13H2,1H3,(H2,12,14);2-5,10H,6,9H2,1H3;3H2;1H4;1H. The van der Waals surface area contributed by atoms with Crippen molar-refractivity contribution < 1.29 is 9.47 Å². The highest BCUT2D eigenvalue weighted by molar-refractivity contribution is 5.85. The average molecular weight is 489 g/mol. The van der Waals surface area contributed by atoms with Crippen molar-refractivity contribution in [1.82, 2.24) is 15.2 Å². The van der Waals surface area contributed by atoms with E-state index in [1.807, 2.05) is 48.5 Å². The number of methoxy groups -OCH3 is 2. The zero-order valence-electron chi connectivity index (χ0n) is 18.6. The second kappa shape index (κ2) is 18.6. The molecule has 0 amide bonds. The molecule has 184 valence electrons. The Hall–Kier alpha value is -3.96. The van der Waals surface area contributed by atoms with Gasteiger partial charge in [-0.1, -0.05) is 31.7 Å². The summed E-state index contributed by atoms with van der Waals surface area (Å²) in [4.78, 5) is 2.74. The van der Waals surface area contributed by atoms with Crippen molar-refractivity contribution in [2.45, 2.75) is 20.5 Å². The number of aromatic nitrogens is 2. The molecule has 1 aromatic heterocycles. The number of halogens is 1. The van der Waals surface area contributed by atoms with Gasteiger partial charge in [0.1, 0.15) is 29.2 Å². The van der Waals surface area contributed by atoms with E-state index in [-0.39, 0.29) is 26.4 Å². The van der Waals surface area contributed by atoms with Crippen LogP contribution in [0.1, 0.15) is 18.6 Å². The molecule has 0 unspecified atom stereocenters. The number of nitrogens with zero attached hydrogens (tertiary/aromatic N) is 4. The molecule has 0 aliphatic rings. The van der Waals surface area contributed by atoms with Gasteiger partial charge in [-0.2, -0.15) is 10.4 Å². The third-order valence-corrected chi connectivity index (χ3v) is 3.94. The lowest BCUT2D eigenvalue weighted by Gasteiger charge is -2.05. The van der Waals surface area contributed by atoms with Crippen molar-refractivity contribution in [3.63, 3.8) is 0 Å². The Balaban J connectivity index is 0. The summed E-state index contributed by atoms with van der Waals surface area (Å²) in [6.07, 6.45) is 0. The van der Waals surface area contributed by atoms with Gasteiger partial charge in [-0.25, -0.2) is 11.3 Å². The summed E-state index contributed by atoms with van der Waals surface area (Å²) in [5, 5.41) is 11.7. The maximum absolute atomic E-state index is 7.60. The Morgan fingerprint density at radius 3 is 1.85 bits per heavy atom. The fourth-order valence-electron chi connectivity index (χ4n) is 2.38. The van der Waals surface area contributed by atoms with Crippen molar-refractivity contribution in [2.75, 3.05) is 32.2 Å². The summed E-state index contributed by atoms with van der Waals surface area (Å²) < 4.78 is 11.7. The zero-order chi connectivity index (χ0) is 23.8. The van der Waals surface area contributed by atoms with E-state index in [0.29, 0.717) is 24.7 Å². The van der Waals surface area contributed by atoms with Gasteiger partial charge in [-0.05, 0) is 35.4 Å². The molecule has 0 aliphatic carbocycles. The molecule has 0 bridgehead atoms. The van der Waals surface area contributed by atoms with Crippen molar-refractivity contribution in [2.24, 2.45) is 5.84 Å². The lowest BCUT2D eigenvalue weighted by atomic mass is 10.2. The van der Waals surface area contributed by atoms with Gasteiger partial charge in [0.2, 0.25) is 0 Å². The van der Waals surface area contributed by atoms with Crippen LogP contribution in [0.4, 0.5) is 11.6 Å². The number of rotatable bonds is 6. The zero-order valence-corrected chi connectivity index (χ0v) is 19.4. The number of nitriles is 1. The van der Waals surface area contributed by atoms with Crippen LogP contribution < -0.4 is 32.2 Å². The second-order valence-corrected chi connectivity index (χ2v) is 6.20. The van der Waals surface area contributed by atoms with Crippen molar-refractivity contribution in [1.29, 1.82) is 5.26 Å². The van der Waals surface area contributed by atoms with Crippen LogP contribution in [0, 0.1) is 17.9 Å².